The number of nitrogens with zero attached hydrogens (tertiary/aromatic N) is 1. The van der Waals surface area contributed by atoms with Crippen molar-refractivity contribution >= 4 is 34.8 Å². The van der Waals surface area contributed by atoms with Crippen LogP contribution in [-0.4, -0.2) is 16.0 Å². The maximum atomic E-state index is 11.7. The van der Waals surface area contributed by atoms with Gasteiger partial charge in [0.1, 0.15) is 5.78 Å². The van der Waals surface area contributed by atoms with Crippen LogP contribution in [0, 0.1) is 10.1 Å². The summed E-state index contributed by atoms with van der Waals surface area (Å²) in [6.07, 6.45) is 3.31. The maximum Gasteiger partial charge on any atom is 0.284 e. The minimum Gasteiger partial charge on any atom is -0.298 e. The van der Waals surface area contributed by atoms with Gasteiger partial charge in [0.05, 0.1) is 15.1 Å². The summed E-state index contributed by atoms with van der Waals surface area (Å²) in [5.74, 6) is 0.190. The number of nitro groups is 1. The standard InChI is InChI=1S/C12H12ClNO3S/c13-8-5-6-11(9(7-8)14(16)17)18-12-4-2-1-3-10(12)15/h5-7,12H,1-4H2/t12-/m0/s1. The molecule has 1 saturated carbocycles. The van der Waals surface area contributed by atoms with Crippen LogP contribution in [0.4, 0.5) is 5.69 Å². The molecule has 1 aromatic rings. The number of ketones is 1. The zero-order valence-electron chi connectivity index (χ0n) is 9.60. The summed E-state index contributed by atoms with van der Waals surface area (Å²) >= 11 is 7.04. The number of hydrogen-bond donors (Lipinski definition) is 0. The van der Waals surface area contributed by atoms with Gasteiger partial charge in [-0.2, -0.15) is 0 Å². The van der Waals surface area contributed by atoms with E-state index < -0.39 is 4.92 Å². The van der Waals surface area contributed by atoms with Crippen molar-refractivity contribution in [3.8, 4) is 0 Å². The average Bonchev–Trinajstić information content (AvgIpc) is 2.34. The summed E-state index contributed by atoms with van der Waals surface area (Å²) in [6.45, 7) is 0. The van der Waals surface area contributed by atoms with Crippen molar-refractivity contribution in [1.29, 1.82) is 0 Å². The Labute approximate surface area is 114 Å². The Morgan fingerprint density at radius 1 is 1.39 bits per heavy atom. The molecule has 0 radical (unpaired) electrons. The second-order valence-corrected chi connectivity index (χ2v) is 5.87. The van der Waals surface area contributed by atoms with Gasteiger partial charge in [-0.1, -0.05) is 18.0 Å². The Morgan fingerprint density at radius 2 is 2.17 bits per heavy atom. The number of nitro benzene ring substituents is 1. The van der Waals surface area contributed by atoms with Crippen LogP contribution in [0.2, 0.25) is 5.02 Å². The molecular formula is C12H12ClNO3S. The first-order valence-corrected chi connectivity index (χ1v) is 6.97. The van der Waals surface area contributed by atoms with Gasteiger partial charge in [-0.25, -0.2) is 0 Å². The van der Waals surface area contributed by atoms with Crippen LogP contribution in [0.25, 0.3) is 0 Å². The molecule has 0 bridgehead atoms. The van der Waals surface area contributed by atoms with Crippen molar-refractivity contribution in [3.63, 3.8) is 0 Å². The van der Waals surface area contributed by atoms with Crippen LogP contribution in [0.5, 0.6) is 0 Å². The number of Topliss-reactive ketones (excluding diaryl/α,β-unsaturated/α-hetero) is 1. The Hall–Kier alpha value is -1.07. The number of benzene rings is 1. The van der Waals surface area contributed by atoms with Crippen molar-refractivity contribution in [2.24, 2.45) is 0 Å². The molecule has 0 aliphatic heterocycles. The van der Waals surface area contributed by atoms with Crippen molar-refractivity contribution in [1.82, 2.24) is 0 Å². The second kappa shape index (κ2) is 5.71. The van der Waals surface area contributed by atoms with Crippen LogP contribution >= 0.6 is 23.4 Å². The third-order valence-electron chi connectivity index (χ3n) is 2.89. The van der Waals surface area contributed by atoms with E-state index in [1.165, 1.54) is 17.8 Å². The smallest absolute Gasteiger partial charge is 0.284 e. The molecule has 4 nitrogen and oxygen atoms in total. The van der Waals surface area contributed by atoms with Gasteiger partial charge in [0.25, 0.3) is 5.69 Å². The Balaban J connectivity index is 2.22. The van der Waals surface area contributed by atoms with Crippen LogP contribution in [-0.2, 0) is 4.79 Å². The fraction of sp³-hybridized carbons (Fsp3) is 0.417. The number of carbonyl (C=O) groups is 1. The van der Waals surface area contributed by atoms with E-state index in [1.54, 1.807) is 12.1 Å². The molecule has 0 heterocycles. The van der Waals surface area contributed by atoms with Crippen LogP contribution in [0.1, 0.15) is 25.7 Å². The molecule has 0 aromatic heterocycles. The Morgan fingerprint density at radius 3 is 2.83 bits per heavy atom. The molecular weight excluding hydrogens is 274 g/mol. The summed E-state index contributed by atoms with van der Waals surface area (Å²) in [6, 6.07) is 4.56. The van der Waals surface area contributed by atoms with E-state index >= 15 is 0 Å². The highest BCUT2D eigenvalue weighted by Gasteiger charge is 2.26. The number of rotatable bonds is 3. The lowest BCUT2D eigenvalue weighted by molar-refractivity contribution is -0.387. The Bertz CT molecular complexity index is 492. The lowest BCUT2D eigenvalue weighted by Gasteiger charge is -2.19. The fourth-order valence-electron chi connectivity index (χ4n) is 1.96. The average molecular weight is 286 g/mol. The fourth-order valence-corrected chi connectivity index (χ4v) is 3.37. The monoisotopic (exact) mass is 285 g/mol. The molecule has 0 amide bonds. The van der Waals surface area contributed by atoms with Gasteiger partial charge < -0.3 is 0 Å². The first kappa shape index (κ1) is 13.4. The quantitative estimate of drug-likeness (QED) is 0.625. The SMILES string of the molecule is O=C1CCCC[C@@H]1Sc1ccc(Cl)cc1[N+](=O)[O-]. The topological polar surface area (TPSA) is 60.2 Å². The second-order valence-electron chi connectivity index (χ2n) is 4.19. The van der Waals surface area contributed by atoms with Gasteiger partial charge in [0, 0.05) is 17.5 Å². The summed E-state index contributed by atoms with van der Waals surface area (Å²) in [4.78, 5) is 22.7. The molecule has 6 heteroatoms. The van der Waals surface area contributed by atoms with Crippen molar-refractivity contribution < 1.29 is 9.72 Å². The van der Waals surface area contributed by atoms with Crippen molar-refractivity contribution in [2.45, 2.75) is 35.8 Å². The van der Waals surface area contributed by atoms with Crippen LogP contribution in [0.3, 0.4) is 0 Å². The zero-order valence-corrected chi connectivity index (χ0v) is 11.2. The number of carbonyl (C=O) groups excluding carboxylic acids is 1. The summed E-state index contributed by atoms with van der Waals surface area (Å²) in [5.41, 5.74) is -0.0223. The minimum atomic E-state index is -0.457. The van der Waals surface area contributed by atoms with Gasteiger partial charge in [-0.15, -0.1) is 11.8 Å². The van der Waals surface area contributed by atoms with Gasteiger partial charge in [0.15, 0.2) is 0 Å². The van der Waals surface area contributed by atoms with Crippen molar-refractivity contribution in [3.05, 3.63) is 33.3 Å². The lowest BCUT2D eigenvalue weighted by Crippen LogP contribution is -2.21. The summed E-state index contributed by atoms with van der Waals surface area (Å²) in [7, 11) is 0. The highest BCUT2D eigenvalue weighted by atomic mass is 35.5. The van der Waals surface area contributed by atoms with E-state index in [0.717, 1.165) is 19.3 Å². The van der Waals surface area contributed by atoms with E-state index in [4.69, 9.17) is 11.6 Å². The van der Waals surface area contributed by atoms with Gasteiger partial charge in [-0.05, 0) is 25.0 Å². The molecule has 0 unspecified atom stereocenters. The highest BCUT2D eigenvalue weighted by molar-refractivity contribution is 8.00. The van der Waals surface area contributed by atoms with E-state index in [2.05, 4.69) is 0 Å². The molecule has 96 valence electrons. The minimum absolute atomic E-state index is 0.0223. The van der Waals surface area contributed by atoms with E-state index in [1.807, 2.05) is 0 Å². The largest absolute Gasteiger partial charge is 0.298 e. The molecule has 0 spiro atoms. The molecule has 0 N–H and O–H groups in total. The molecule has 2 rings (SSSR count). The third kappa shape index (κ3) is 3.03. The van der Waals surface area contributed by atoms with E-state index in [-0.39, 0.29) is 16.7 Å². The summed E-state index contributed by atoms with van der Waals surface area (Å²) < 4.78 is 0. The predicted octanol–water partition coefficient (Wildman–Crippen LogP) is 3.85. The normalized spacial score (nSPS) is 19.8. The highest BCUT2D eigenvalue weighted by Crippen LogP contribution is 2.37. The van der Waals surface area contributed by atoms with Gasteiger partial charge in [0.2, 0.25) is 0 Å². The van der Waals surface area contributed by atoms with Gasteiger partial charge in [-0.3, -0.25) is 14.9 Å². The molecule has 1 atom stereocenters. The predicted molar refractivity (Wildman–Crippen MR) is 71.2 cm³/mol. The first-order chi connectivity index (χ1) is 8.58. The molecule has 18 heavy (non-hydrogen) atoms. The van der Waals surface area contributed by atoms with Crippen LogP contribution < -0.4 is 0 Å². The van der Waals surface area contributed by atoms with Crippen LogP contribution in [0.15, 0.2) is 23.1 Å². The molecule has 1 aromatic carbocycles. The number of thioether (sulfide) groups is 1. The Kier molecular flexibility index (Phi) is 4.24. The van der Waals surface area contributed by atoms with E-state index in [9.17, 15) is 14.9 Å². The molecule has 1 aliphatic rings. The first-order valence-electron chi connectivity index (χ1n) is 5.71. The maximum absolute atomic E-state index is 11.7. The van der Waals surface area contributed by atoms with E-state index in [0.29, 0.717) is 16.3 Å². The molecule has 1 fully saturated rings. The molecule has 0 saturated heterocycles. The molecule has 1 aliphatic carbocycles. The summed E-state index contributed by atoms with van der Waals surface area (Å²) in [5, 5.41) is 11.1. The zero-order chi connectivity index (χ0) is 13.1. The van der Waals surface area contributed by atoms with Gasteiger partial charge >= 0.3 is 0 Å². The number of halogens is 1. The third-order valence-corrected chi connectivity index (χ3v) is 4.50. The van der Waals surface area contributed by atoms with Crippen molar-refractivity contribution in [2.75, 3.05) is 0 Å². The number of hydrogen-bond acceptors (Lipinski definition) is 4. The lowest BCUT2D eigenvalue weighted by atomic mass is 9.99.